The molecule has 1 aromatic carbocycles. The molecule has 1 N–H and O–H groups in total. The van der Waals surface area contributed by atoms with Gasteiger partial charge in [-0.05, 0) is 25.5 Å². The highest BCUT2D eigenvalue weighted by molar-refractivity contribution is 7.18. The Balaban J connectivity index is 1.72. The van der Waals surface area contributed by atoms with Crippen molar-refractivity contribution >= 4 is 27.5 Å². The zero-order valence-electron chi connectivity index (χ0n) is 15.1. The largest absolute Gasteiger partial charge is 0.336 e. The fourth-order valence-corrected chi connectivity index (χ4v) is 3.79. The Hall–Kier alpha value is -3.12. The van der Waals surface area contributed by atoms with E-state index in [-0.39, 0.29) is 24.1 Å². The van der Waals surface area contributed by atoms with Crippen molar-refractivity contribution in [1.82, 2.24) is 14.9 Å². The maximum atomic E-state index is 13.8. The lowest BCUT2D eigenvalue weighted by atomic mass is 10.1. The number of carbonyl (C=O) groups is 1. The van der Waals surface area contributed by atoms with Gasteiger partial charge in [-0.1, -0.05) is 6.07 Å². The maximum absolute atomic E-state index is 13.8. The Kier molecular flexibility index (Phi) is 5.51. The molecular formula is C19H16F2N4O2S. The van der Waals surface area contributed by atoms with E-state index in [1.165, 1.54) is 22.2 Å². The highest BCUT2D eigenvalue weighted by atomic mass is 32.1. The minimum absolute atomic E-state index is 0.0615. The number of aromatic nitrogens is 2. The lowest BCUT2D eigenvalue weighted by Crippen LogP contribution is -2.30. The molecule has 0 bridgehead atoms. The minimum Gasteiger partial charge on any atom is -0.336 e. The highest BCUT2D eigenvalue weighted by Gasteiger charge is 2.19. The monoisotopic (exact) mass is 402 g/mol. The van der Waals surface area contributed by atoms with E-state index >= 15 is 0 Å². The number of rotatable bonds is 5. The summed E-state index contributed by atoms with van der Waals surface area (Å²) in [5.41, 5.74) is 0.510. The third-order valence-electron chi connectivity index (χ3n) is 4.44. The Morgan fingerprint density at radius 3 is 2.82 bits per heavy atom. The molecule has 0 saturated carbocycles. The van der Waals surface area contributed by atoms with Gasteiger partial charge < -0.3 is 5.32 Å². The number of thiophene rings is 1. The van der Waals surface area contributed by atoms with Crippen LogP contribution in [0.1, 0.15) is 28.5 Å². The number of aryl methyl sites for hydroxylation is 3. The molecule has 0 radical (unpaired) electrons. The summed E-state index contributed by atoms with van der Waals surface area (Å²) >= 11 is 1.44. The topological polar surface area (TPSA) is 87.8 Å². The number of hydrogen-bond acceptors (Lipinski definition) is 5. The van der Waals surface area contributed by atoms with E-state index in [4.69, 9.17) is 0 Å². The first-order valence-electron chi connectivity index (χ1n) is 8.41. The fourth-order valence-electron chi connectivity index (χ4n) is 2.80. The van der Waals surface area contributed by atoms with E-state index in [1.807, 2.05) is 13.8 Å². The standard InChI is InChI=1S/C19H16F2N4O2S/c1-10-11(2)28-18-17(10)19(27)25(9-23-18)6-5-16(26)24-15(8-22)13-4-3-12(20)7-14(13)21/h3-4,7,9,15H,5-6H2,1-2H3,(H,24,26). The maximum Gasteiger partial charge on any atom is 0.262 e. The summed E-state index contributed by atoms with van der Waals surface area (Å²) in [5, 5.41) is 12.1. The van der Waals surface area contributed by atoms with E-state index in [9.17, 15) is 23.6 Å². The molecule has 6 nitrogen and oxygen atoms in total. The molecule has 0 fully saturated rings. The average Bonchev–Trinajstić information content (AvgIpc) is 2.94. The van der Waals surface area contributed by atoms with Gasteiger partial charge in [-0.15, -0.1) is 11.3 Å². The molecule has 2 aromatic heterocycles. The van der Waals surface area contributed by atoms with Crippen molar-refractivity contribution < 1.29 is 13.6 Å². The van der Waals surface area contributed by atoms with Crippen LogP contribution in [-0.4, -0.2) is 15.5 Å². The van der Waals surface area contributed by atoms with E-state index in [0.717, 1.165) is 22.6 Å². The smallest absolute Gasteiger partial charge is 0.262 e. The molecule has 0 aliphatic rings. The molecule has 1 unspecified atom stereocenters. The van der Waals surface area contributed by atoms with E-state index in [0.29, 0.717) is 16.3 Å². The second kappa shape index (κ2) is 7.86. The molecule has 1 atom stereocenters. The van der Waals surface area contributed by atoms with Crippen LogP contribution in [0.2, 0.25) is 0 Å². The first-order chi connectivity index (χ1) is 13.3. The molecule has 3 rings (SSSR count). The molecule has 3 aromatic rings. The van der Waals surface area contributed by atoms with Crippen LogP contribution in [0.5, 0.6) is 0 Å². The Bertz CT molecular complexity index is 1160. The quantitative estimate of drug-likeness (QED) is 0.710. The van der Waals surface area contributed by atoms with Gasteiger partial charge in [0.05, 0.1) is 17.8 Å². The molecule has 0 spiro atoms. The van der Waals surface area contributed by atoms with Gasteiger partial charge in [-0.25, -0.2) is 13.8 Å². The van der Waals surface area contributed by atoms with E-state index in [1.54, 1.807) is 6.07 Å². The zero-order chi connectivity index (χ0) is 20.4. The van der Waals surface area contributed by atoms with Crippen LogP contribution >= 0.6 is 11.3 Å². The summed E-state index contributed by atoms with van der Waals surface area (Å²) in [5.74, 6) is -2.23. The summed E-state index contributed by atoms with van der Waals surface area (Å²) in [4.78, 5) is 30.7. The van der Waals surface area contributed by atoms with Gasteiger partial charge >= 0.3 is 0 Å². The van der Waals surface area contributed by atoms with Gasteiger partial charge in [0.2, 0.25) is 5.91 Å². The first kappa shape index (κ1) is 19.6. The molecule has 28 heavy (non-hydrogen) atoms. The number of fused-ring (bicyclic) bond motifs is 1. The van der Waals surface area contributed by atoms with Gasteiger partial charge in [0.15, 0.2) is 0 Å². The first-order valence-corrected chi connectivity index (χ1v) is 9.22. The predicted molar refractivity (Wildman–Crippen MR) is 101 cm³/mol. The number of halogens is 2. The van der Waals surface area contributed by atoms with Crippen LogP contribution in [0.3, 0.4) is 0 Å². The van der Waals surface area contributed by atoms with Gasteiger partial charge in [-0.2, -0.15) is 5.26 Å². The van der Waals surface area contributed by atoms with Crippen LogP contribution in [0.25, 0.3) is 10.2 Å². The van der Waals surface area contributed by atoms with Crippen molar-refractivity contribution in [3.05, 3.63) is 62.5 Å². The zero-order valence-corrected chi connectivity index (χ0v) is 15.9. The summed E-state index contributed by atoms with van der Waals surface area (Å²) in [6.07, 6.45) is 1.28. The van der Waals surface area contributed by atoms with Crippen molar-refractivity contribution in [2.24, 2.45) is 0 Å². The Morgan fingerprint density at radius 2 is 2.14 bits per heavy atom. The lowest BCUT2D eigenvalue weighted by molar-refractivity contribution is -0.121. The third-order valence-corrected chi connectivity index (χ3v) is 5.56. The van der Waals surface area contributed by atoms with Gasteiger partial charge in [0.1, 0.15) is 22.5 Å². The molecule has 0 saturated heterocycles. The molecule has 9 heteroatoms. The molecule has 144 valence electrons. The predicted octanol–water partition coefficient (Wildman–Crippen LogP) is 3.12. The van der Waals surface area contributed by atoms with Crippen molar-refractivity contribution in [3.63, 3.8) is 0 Å². The number of nitrogens with zero attached hydrogens (tertiary/aromatic N) is 3. The SMILES string of the molecule is Cc1sc2ncn(CCC(=O)NC(C#N)c3ccc(F)cc3F)c(=O)c2c1C. The average molecular weight is 402 g/mol. The summed E-state index contributed by atoms with van der Waals surface area (Å²) < 4.78 is 28.2. The number of nitriles is 1. The van der Waals surface area contributed by atoms with Crippen molar-refractivity contribution in [1.29, 1.82) is 5.26 Å². The van der Waals surface area contributed by atoms with Crippen LogP contribution in [0, 0.1) is 36.8 Å². The second-order valence-electron chi connectivity index (χ2n) is 6.25. The van der Waals surface area contributed by atoms with Gasteiger partial charge in [-0.3, -0.25) is 14.2 Å². The van der Waals surface area contributed by atoms with Gasteiger partial charge in [0, 0.05) is 29.5 Å². The Morgan fingerprint density at radius 1 is 1.39 bits per heavy atom. The molecule has 0 aliphatic heterocycles. The minimum atomic E-state index is -1.26. The van der Waals surface area contributed by atoms with Crippen molar-refractivity contribution in [2.75, 3.05) is 0 Å². The van der Waals surface area contributed by atoms with Crippen LogP contribution in [-0.2, 0) is 11.3 Å². The number of amides is 1. The van der Waals surface area contributed by atoms with E-state index in [2.05, 4.69) is 10.3 Å². The molecule has 1 amide bonds. The Labute approximate surface area is 163 Å². The molecular weight excluding hydrogens is 386 g/mol. The van der Waals surface area contributed by atoms with Crippen LogP contribution in [0.15, 0.2) is 29.3 Å². The van der Waals surface area contributed by atoms with Crippen LogP contribution < -0.4 is 10.9 Å². The number of carbonyl (C=O) groups excluding carboxylic acids is 1. The number of benzene rings is 1. The normalized spacial score (nSPS) is 12.0. The fraction of sp³-hybridized carbons (Fsp3) is 0.263. The second-order valence-corrected chi connectivity index (χ2v) is 7.46. The van der Waals surface area contributed by atoms with Gasteiger partial charge in [0.25, 0.3) is 5.56 Å². The van der Waals surface area contributed by atoms with Crippen molar-refractivity contribution in [2.45, 2.75) is 32.9 Å². The third kappa shape index (κ3) is 3.77. The summed E-state index contributed by atoms with van der Waals surface area (Å²) in [6.45, 7) is 3.82. The lowest BCUT2D eigenvalue weighted by Gasteiger charge is -2.13. The summed E-state index contributed by atoms with van der Waals surface area (Å²) in [6, 6.07) is 3.30. The van der Waals surface area contributed by atoms with Crippen LogP contribution in [0.4, 0.5) is 8.78 Å². The molecule has 0 aliphatic carbocycles. The summed E-state index contributed by atoms with van der Waals surface area (Å²) in [7, 11) is 0. The highest BCUT2D eigenvalue weighted by Crippen LogP contribution is 2.25. The van der Waals surface area contributed by atoms with Crippen molar-refractivity contribution in [3.8, 4) is 6.07 Å². The van der Waals surface area contributed by atoms with E-state index < -0.39 is 23.6 Å². The number of hydrogen-bond donors (Lipinski definition) is 1. The number of nitrogens with one attached hydrogen (secondary N) is 1. The molecule has 2 heterocycles.